The van der Waals surface area contributed by atoms with Crippen LogP contribution in [0.2, 0.25) is 0 Å². The zero-order valence-electron chi connectivity index (χ0n) is 10.2. The van der Waals surface area contributed by atoms with Gasteiger partial charge in [0.25, 0.3) is 5.91 Å². The summed E-state index contributed by atoms with van der Waals surface area (Å²) in [4.78, 5) is 12.4. The number of amides is 1. The number of hydrazine groups is 1. The Bertz CT molecular complexity index is 504. The van der Waals surface area contributed by atoms with Crippen molar-refractivity contribution in [2.24, 2.45) is 11.5 Å². The van der Waals surface area contributed by atoms with Crippen LogP contribution in [0.25, 0.3) is 0 Å². The van der Waals surface area contributed by atoms with E-state index in [4.69, 9.17) is 35.9 Å². The van der Waals surface area contributed by atoms with Gasteiger partial charge < -0.3 is 11.5 Å². The van der Waals surface area contributed by atoms with E-state index in [0.717, 1.165) is 5.01 Å². The van der Waals surface area contributed by atoms with Gasteiger partial charge >= 0.3 is 0 Å². The van der Waals surface area contributed by atoms with E-state index in [9.17, 15) is 4.79 Å². The molecule has 19 heavy (non-hydrogen) atoms. The van der Waals surface area contributed by atoms with Gasteiger partial charge in [-0.25, -0.2) is 5.01 Å². The summed E-state index contributed by atoms with van der Waals surface area (Å²) in [5.74, 6) is -0.400. The van der Waals surface area contributed by atoms with Gasteiger partial charge in [-0.1, -0.05) is 24.3 Å². The lowest BCUT2D eigenvalue weighted by Gasteiger charge is -2.32. The second-order valence-electron chi connectivity index (χ2n) is 3.53. The highest BCUT2D eigenvalue weighted by Crippen LogP contribution is 2.08. The molecule has 0 bridgehead atoms. The van der Waals surface area contributed by atoms with Crippen LogP contribution in [0.5, 0.6) is 0 Å². The summed E-state index contributed by atoms with van der Waals surface area (Å²) in [5.41, 5.74) is 11.6. The molecule has 0 aliphatic rings. The predicted molar refractivity (Wildman–Crippen MR) is 83.1 cm³/mol. The number of nitrogens with two attached hydrogens (primary N) is 2. The molecule has 0 heterocycles. The minimum Gasteiger partial charge on any atom is -0.375 e. The van der Waals surface area contributed by atoms with Crippen molar-refractivity contribution >= 4 is 40.6 Å². The molecule has 0 unspecified atom stereocenters. The van der Waals surface area contributed by atoms with Crippen LogP contribution in [0.15, 0.2) is 43.0 Å². The minimum absolute atomic E-state index is 0.0167. The molecule has 1 aromatic rings. The third-order valence-corrected chi connectivity index (χ3v) is 2.60. The molecule has 0 saturated carbocycles. The molecule has 1 aromatic carbocycles. The molecule has 7 heteroatoms. The first kappa shape index (κ1) is 15.1. The van der Waals surface area contributed by atoms with Crippen molar-refractivity contribution in [3.8, 4) is 0 Å². The predicted octanol–water partition coefficient (Wildman–Crippen LogP) is 1.02. The molecule has 0 aliphatic heterocycles. The fraction of sp³-hybridized carbons (Fsp3) is 0.0833. The Hall–Kier alpha value is -1.99. The summed E-state index contributed by atoms with van der Waals surface area (Å²) in [6, 6.07) is 8.59. The van der Waals surface area contributed by atoms with E-state index >= 15 is 0 Å². The highest BCUT2D eigenvalue weighted by molar-refractivity contribution is 7.80. The number of carbonyl (C=O) groups is 1. The number of thiocarbonyl (C=S) groups is 2. The highest BCUT2D eigenvalue weighted by Gasteiger charge is 2.25. The fourth-order valence-electron chi connectivity index (χ4n) is 1.42. The van der Waals surface area contributed by atoms with Crippen molar-refractivity contribution in [3.63, 3.8) is 0 Å². The molecule has 4 N–H and O–H groups in total. The zero-order valence-corrected chi connectivity index (χ0v) is 11.8. The van der Waals surface area contributed by atoms with Crippen molar-refractivity contribution in [1.29, 1.82) is 0 Å². The van der Waals surface area contributed by atoms with Crippen LogP contribution >= 0.6 is 24.4 Å². The number of rotatable bonds is 3. The smallest absolute Gasteiger partial charge is 0.279 e. The Kier molecular flexibility index (Phi) is 5.40. The maximum atomic E-state index is 12.4. The first-order chi connectivity index (χ1) is 8.99. The molecule has 1 amide bonds. The quantitative estimate of drug-likeness (QED) is 0.492. The second kappa shape index (κ2) is 6.81. The standard InChI is InChI=1S/C12H14N4OS2/c1-2-8-15(11(13)18)16(12(14)19)10(17)9-6-4-3-5-7-9/h2-7H,1,8H2,(H2,13,18)(H2,14,19). The van der Waals surface area contributed by atoms with Crippen LogP contribution in [0, 0.1) is 0 Å². The van der Waals surface area contributed by atoms with E-state index in [1.165, 1.54) is 5.01 Å². The van der Waals surface area contributed by atoms with E-state index in [0.29, 0.717) is 5.56 Å². The normalized spacial score (nSPS) is 9.47. The average Bonchev–Trinajstić information content (AvgIpc) is 2.38. The third kappa shape index (κ3) is 3.73. The van der Waals surface area contributed by atoms with E-state index in [2.05, 4.69) is 6.58 Å². The molecular formula is C12H14N4OS2. The SMILES string of the molecule is C=CCN(C(N)=S)N(C(=O)c1ccccc1)C(N)=S. The molecule has 0 atom stereocenters. The van der Waals surface area contributed by atoms with Gasteiger partial charge in [-0.05, 0) is 36.6 Å². The van der Waals surface area contributed by atoms with Gasteiger partial charge in [-0.3, -0.25) is 4.79 Å². The molecule has 5 nitrogen and oxygen atoms in total. The summed E-state index contributed by atoms with van der Waals surface area (Å²) < 4.78 is 0. The topological polar surface area (TPSA) is 75.6 Å². The van der Waals surface area contributed by atoms with Crippen molar-refractivity contribution in [1.82, 2.24) is 10.0 Å². The van der Waals surface area contributed by atoms with Crippen molar-refractivity contribution in [2.75, 3.05) is 6.54 Å². The Morgan fingerprint density at radius 3 is 2.21 bits per heavy atom. The fourth-order valence-corrected chi connectivity index (χ4v) is 1.76. The van der Waals surface area contributed by atoms with E-state index in [-0.39, 0.29) is 16.8 Å². The van der Waals surface area contributed by atoms with E-state index in [1.54, 1.807) is 36.4 Å². The summed E-state index contributed by atoms with van der Waals surface area (Å²) in [6.07, 6.45) is 1.54. The largest absolute Gasteiger partial charge is 0.375 e. The van der Waals surface area contributed by atoms with Gasteiger partial charge in [-0.15, -0.1) is 6.58 Å². The summed E-state index contributed by atoms with van der Waals surface area (Å²) in [5, 5.41) is 2.20. The first-order valence-electron chi connectivity index (χ1n) is 5.35. The van der Waals surface area contributed by atoms with E-state index in [1.807, 2.05) is 0 Å². The number of hydrogen-bond donors (Lipinski definition) is 2. The maximum absolute atomic E-state index is 12.4. The second-order valence-corrected chi connectivity index (χ2v) is 4.37. The molecule has 0 spiro atoms. The Balaban J connectivity index is 3.13. The molecule has 100 valence electrons. The lowest BCUT2D eigenvalue weighted by atomic mass is 10.2. The van der Waals surface area contributed by atoms with Crippen molar-refractivity contribution in [3.05, 3.63) is 48.6 Å². The first-order valence-corrected chi connectivity index (χ1v) is 6.17. The van der Waals surface area contributed by atoms with Gasteiger partial charge in [0.15, 0.2) is 10.2 Å². The molecule has 0 fully saturated rings. The Morgan fingerprint density at radius 2 is 1.79 bits per heavy atom. The van der Waals surface area contributed by atoms with Crippen molar-refractivity contribution in [2.45, 2.75) is 0 Å². The number of benzene rings is 1. The summed E-state index contributed by atoms with van der Waals surface area (Å²) in [7, 11) is 0. The molecule has 1 rings (SSSR count). The van der Waals surface area contributed by atoms with Crippen LogP contribution < -0.4 is 11.5 Å². The third-order valence-electron chi connectivity index (χ3n) is 2.22. The van der Waals surface area contributed by atoms with Crippen LogP contribution in [0.4, 0.5) is 0 Å². The Labute approximate surface area is 122 Å². The van der Waals surface area contributed by atoms with E-state index < -0.39 is 5.91 Å². The molecule has 0 radical (unpaired) electrons. The molecular weight excluding hydrogens is 280 g/mol. The molecule has 0 aromatic heterocycles. The highest BCUT2D eigenvalue weighted by atomic mass is 32.1. The van der Waals surface area contributed by atoms with Gasteiger partial charge in [0.05, 0.1) is 6.54 Å². The summed E-state index contributed by atoms with van der Waals surface area (Å²) in [6.45, 7) is 3.81. The molecule has 0 aliphatic carbocycles. The lowest BCUT2D eigenvalue weighted by Crippen LogP contribution is -2.56. The van der Waals surface area contributed by atoms with Gasteiger partial charge in [0.2, 0.25) is 0 Å². The summed E-state index contributed by atoms with van der Waals surface area (Å²) >= 11 is 9.79. The van der Waals surface area contributed by atoms with Crippen LogP contribution in [-0.4, -0.2) is 32.7 Å². The van der Waals surface area contributed by atoms with Crippen molar-refractivity contribution < 1.29 is 4.79 Å². The number of hydrogen-bond acceptors (Lipinski definition) is 3. The zero-order chi connectivity index (χ0) is 14.4. The Morgan fingerprint density at radius 1 is 1.21 bits per heavy atom. The lowest BCUT2D eigenvalue weighted by molar-refractivity contribution is 0.0617. The van der Waals surface area contributed by atoms with Gasteiger partial charge in [0.1, 0.15) is 0 Å². The van der Waals surface area contributed by atoms with Gasteiger partial charge in [0, 0.05) is 5.56 Å². The van der Waals surface area contributed by atoms with Crippen LogP contribution in [0.1, 0.15) is 10.4 Å². The number of nitrogens with zero attached hydrogens (tertiary/aromatic N) is 2. The average molecular weight is 294 g/mol. The minimum atomic E-state index is -0.400. The van der Waals surface area contributed by atoms with Crippen LogP contribution in [-0.2, 0) is 0 Å². The molecule has 0 saturated heterocycles. The maximum Gasteiger partial charge on any atom is 0.279 e. The van der Waals surface area contributed by atoms with Gasteiger partial charge in [-0.2, -0.15) is 5.01 Å². The monoisotopic (exact) mass is 294 g/mol. The number of carbonyl (C=O) groups excluding carboxylic acids is 1. The van der Waals surface area contributed by atoms with Crippen LogP contribution in [0.3, 0.4) is 0 Å².